The van der Waals surface area contributed by atoms with E-state index in [2.05, 4.69) is 24.1 Å². The summed E-state index contributed by atoms with van der Waals surface area (Å²) in [6.45, 7) is 7.10. The lowest BCUT2D eigenvalue weighted by atomic mass is 10.2. The Hall–Kier alpha value is -1.63. The summed E-state index contributed by atoms with van der Waals surface area (Å²) in [5, 5.41) is 21.0. The molecule has 0 radical (unpaired) electrons. The quantitative estimate of drug-likeness (QED) is 0.558. The van der Waals surface area contributed by atoms with Crippen LogP contribution in [0.15, 0.2) is 24.3 Å². The van der Waals surface area contributed by atoms with Gasteiger partial charge in [-0.2, -0.15) is 0 Å². The van der Waals surface area contributed by atoms with Gasteiger partial charge in [-0.1, -0.05) is 13.8 Å². The number of carbonyl (C=O) groups is 1. The first-order chi connectivity index (χ1) is 10.6. The minimum absolute atomic E-state index is 0.254. The van der Waals surface area contributed by atoms with Gasteiger partial charge in [-0.05, 0) is 37.4 Å². The predicted octanol–water partition coefficient (Wildman–Crippen LogP) is 0.950. The van der Waals surface area contributed by atoms with Crippen molar-refractivity contribution in [3.05, 3.63) is 29.8 Å². The van der Waals surface area contributed by atoms with Gasteiger partial charge in [0.1, 0.15) is 6.61 Å². The Balaban J connectivity index is 2.40. The second-order valence-corrected chi connectivity index (χ2v) is 4.96. The number of hydrogen-bond acceptors (Lipinski definition) is 6. The van der Waals surface area contributed by atoms with E-state index in [-0.39, 0.29) is 19.1 Å². The van der Waals surface area contributed by atoms with Crippen molar-refractivity contribution in [1.29, 1.82) is 0 Å². The van der Waals surface area contributed by atoms with Gasteiger partial charge < -0.3 is 25.2 Å². The van der Waals surface area contributed by atoms with Crippen LogP contribution in [0, 0.1) is 0 Å². The fourth-order valence-electron chi connectivity index (χ4n) is 1.91. The van der Waals surface area contributed by atoms with Crippen LogP contribution in [0.2, 0.25) is 0 Å². The summed E-state index contributed by atoms with van der Waals surface area (Å²) < 4.78 is 5.24. The van der Waals surface area contributed by atoms with Gasteiger partial charge in [0, 0.05) is 18.8 Å². The predicted molar refractivity (Wildman–Crippen MR) is 86.1 cm³/mol. The Kier molecular flexibility index (Phi) is 8.50. The molecule has 0 heterocycles. The van der Waals surface area contributed by atoms with E-state index in [1.807, 2.05) is 0 Å². The normalized spacial score (nSPS) is 12.2. The minimum atomic E-state index is -0.801. The first kappa shape index (κ1) is 18.4. The molecule has 0 aromatic heterocycles. The van der Waals surface area contributed by atoms with Crippen molar-refractivity contribution in [3.63, 3.8) is 0 Å². The zero-order valence-corrected chi connectivity index (χ0v) is 13.3. The number of benzene rings is 1. The van der Waals surface area contributed by atoms with Crippen molar-refractivity contribution in [2.75, 3.05) is 44.7 Å². The highest BCUT2D eigenvalue weighted by atomic mass is 16.5. The van der Waals surface area contributed by atoms with Crippen LogP contribution >= 0.6 is 0 Å². The lowest BCUT2D eigenvalue weighted by molar-refractivity contribution is 0.0466. The molecule has 0 bridgehead atoms. The molecule has 1 rings (SSSR count). The van der Waals surface area contributed by atoms with E-state index in [1.54, 1.807) is 24.3 Å². The van der Waals surface area contributed by atoms with Gasteiger partial charge in [0.05, 0.1) is 18.3 Å². The molecular weight excluding hydrogens is 284 g/mol. The molecule has 22 heavy (non-hydrogen) atoms. The molecule has 0 aliphatic heterocycles. The van der Waals surface area contributed by atoms with Crippen LogP contribution < -0.4 is 5.32 Å². The number of ether oxygens (including phenoxy) is 1. The van der Waals surface area contributed by atoms with Crippen LogP contribution in [0.1, 0.15) is 24.2 Å². The first-order valence-corrected chi connectivity index (χ1v) is 7.63. The molecule has 6 nitrogen and oxygen atoms in total. The number of aliphatic hydroxyl groups excluding tert-OH is 2. The topological polar surface area (TPSA) is 82.0 Å². The highest BCUT2D eigenvalue weighted by Gasteiger charge is 2.08. The molecule has 1 aromatic rings. The van der Waals surface area contributed by atoms with Gasteiger partial charge >= 0.3 is 5.97 Å². The highest BCUT2D eigenvalue weighted by molar-refractivity contribution is 5.89. The maximum atomic E-state index is 11.9. The number of aliphatic hydroxyl groups is 2. The number of esters is 1. The molecule has 3 N–H and O–H groups in total. The van der Waals surface area contributed by atoms with Crippen molar-refractivity contribution in [3.8, 4) is 0 Å². The molecule has 0 amide bonds. The molecule has 0 saturated heterocycles. The van der Waals surface area contributed by atoms with Gasteiger partial charge in [-0.25, -0.2) is 4.79 Å². The Bertz CT molecular complexity index is 432. The number of likely N-dealkylation sites (N-methyl/N-ethyl adjacent to an activating group) is 1. The molecule has 124 valence electrons. The molecular formula is C16H26N2O4. The number of nitrogens with one attached hydrogen (secondary N) is 1. The van der Waals surface area contributed by atoms with E-state index in [1.165, 1.54) is 0 Å². The Labute approximate surface area is 131 Å². The third-order valence-corrected chi connectivity index (χ3v) is 3.41. The van der Waals surface area contributed by atoms with Gasteiger partial charge in [-0.15, -0.1) is 0 Å². The number of carbonyl (C=O) groups excluding carboxylic acids is 1. The van der Waals surface area contributed by atoms with Gasteiger partial charge in [0.15, 0.2) is 0 Å². The Morgan fingerprint density at radius 1 is 1.27 bits per heavy atom. The number of rotatable bonds is 10. The SMILES string of the molecule is CCN(CC)CCOC(=O)c1ccc(NCC(O)CO)cc1. The minimum Gasteiger partial charge on any atom is -0.461 e. The average Bonchev–Trinajstić information content (AvgIpc) is 2.56. The van der Waals surface area contributed by atoms with E-state index in [9.17, 15) is 9.90 Å². The molecule has 0 fully saturated rings. The molecule has 1 unspecified atom stereocenters. The van der Waals surface area contributed by atoms with Crippen molar-refractivity contribution in [1.82, 2.24) is 4.90 Å². The van der Waals surface area contributed by atoms with E-state index in [0.717, 1.165) is 25.3 Å². The van der Waals surface area contributed by atoms with Crippen molar-refractivity contribution >= 4 is 11.7 Å². The summed E-state index contributed by atoms with van der Waals surface area (Å²) in [6.07, 6.45) is -0.801. The van der Waals surface area contributed by atoms with Crippen LogP contribution in [0.3, 0.4) is 0 Å². The molecule has 1 aromatic carbocycles. The van der Waals surface area contributed by atoms with Crippen LogP contribution in [0.25, 0.3) is 0 Å². The van der Waals surface area contributed by atoms with Crippen LogP contribution in [0.5, 0.6) is 0 Å². The standard InChI is InChI=1S/C16H26N2O4/c1-3-18(4-2)9-10-22-16(21)13-5-7-14(8-6-13)17-11-15(20)12-19/h5-8,15,17,19-20H,3-4,9-12H2,1-2H3. The molecule has 0 aliphatic rings. The van der Waals surface area contributed by atoms with Crippen LogP contribution in [0.4, 0.5) is 5.69 Å². The van der Waals surface area contributed by atoms with Gasteiger partial charge in [0.25, 0.3) is 0 Å². The number of nitrogens with zero attached hydrogens (tertiary/aromatic N) is 1. The summed E-state index contributed by atoms with van der Waals surface area (Å²) in [7, 11) is 0. The molecule has 0 aliphatic carbocycles. The summed E-state index contributed by atoms with van der Waals surface area (Å²) in [5.41, 5.74) is 1.26. The van der Waals surface area contributed by atoms with Crippen molar-refractivity contribution in [2.24, 2.45) is 0 Å². The Morgan fingerprint density at radius 3 is 2.45 bits per heavy atom. The lowest BCUT2D eigenvalue weighted by Crippen LogP contribution is -2.27. The molecule has 6 heteroatoms. The highest BCUT2D eigenvalue weighted by Crippen LogP contribution is 2.10. The second-order valence-electron chi connectivity index (χ2n) is 4.96. The third-order valence-electron chi connectivity index (χ3n) is 3.41. The average molecular weight is 310 g/mol. The van der Waals surface area contributed by atoms with Crippen molar-refractivity contribution in [2.45, 2.75) is 20.0 Å². The summed E-state index contributed by atoms with van der Waals surface area (Å²) in [6, 6.07) is 6.83. The number of anilines is 1. The van der Waals surface area contributed by atoms with Crippen LogP contribution in [-0.4, -0.2) is 66.6 Å². The monoisotopic (exact) mass is 310 g/mol. The maximum absolute atomic E-state index is 11.9. The zero-order chi connectivity index (χ0) is 16.4. The van der Waals surface area contributed by atoms with Crippen molar-refractivity contribution < 1.29 is 19.7 Å². The summed E-state index contributed by atoms with van der Waals surface area (Å²) in [5.74, 6) is -0.339. The molecule has 1 atom stereocenters. The van der Waals surface area contributed by atoms with Gasteiger partial charge in [-0.3, -0.25) is 0 Å². The van der Waals surface area contributed by atoms with E-state index in [0.29, 0.717) is 12.2 Å². The fourth-order valence-corrected chi connectivity index (χ4v) is 1.91. The third kappa shape index (κ3) is 6.43. The fraction of sp³-hybridized carbons (Fsp3) is 0.562. The van der Waals surface area contributed by atoms with E-state index >= 15 is 0 Å². The second kappa shape index (κ2) is 10.2. The van der Waals surface area contributed by atoms with Gasteiger partial charge in [0.2, 0.25) is 0 Å². The first-order valence-electron chi connectivity index (χ1n) is 7.63. The molecule has 0 spiro atoms. The van der Waals surface area contributed by atoms with E-state index in [4.69, 9.17) is 9.84 Å². The number of hydrogen-bond donors (Lipinski definition) is 3. The van der Waals surface area contributed by atoms with Crippen LogP contribution in [-0.2, 0) is 4.74 Å². The smallest absolute Gasteiger partial charge is 0.338 e. The maximum Gasteiger partial charge on any atom is 0.338 e. The zero-order valence-electron chi connectivity index (χ0n) is 13.3. The summed E-state index contributed by atoms with van der Waals surface area (Å²) in [4.78, 5) is 14.1. The lowest BCUT2D eigenvalue weighted by Gasteiger charge is -2.17. The van der Waals surface area contributed by atoms with E-state index < -0.39 is 6.10 Å². The molecule has 0 saturated carbocycles. The largest absolute Gasteiger partial charge is 0.461 e. The summed E-state index contributed by atoms with van der Waals surface area (Å²) >= 11 is 0. The Morgan fingerprint density at radius 2 is 1.91 bits per heavy atom.